The van der Waals surface area contributed by atoms with Crippen molar-refractivity contribution in [3.63, 3.8) is 0 Å². The molecule has 3 aliphatic rings. The summed E-state index contributed by atoms with van der Waals surface area (Å²) in [6.45, 7) is -0.104. The molecule has 3 aliphatic carbocycles. The molecule has 3 aromatic rings. The molecule has 6 rings (SSSR count). The summed E-state index contributed by atoms with van der Waals surface area (Å²) in [7, 11) is 0. The van der Waals surface area contributed by atoms with Gasteiger partial charge in [-0.25, -0.2) is 9.37 Å². The Balaban J connectivity index is 1.11. The van der Waals surface area contributed by atoms with Gasteiger partial charge in [-0.1, -0.05) is 11.6 Å². The second-order valence-electron chi connectivity index (χ2n) is 8.46. The summed E-state index contributed by atoms with van der Waals surface area (Å²) < 4.78 is 20.6. The van der Waals surface area contributed by atoms with E-state index in [0.29, 0.717) is 12.0 Å². The predicted octanol–water partition coefficient (Wildman–Crippen LogP) is 3.82. The van der Waals surface area contributed by atoms with Crippen LogP contribution in [0.15, 0.2) is 48.9 Å². The van der Waals surface area contributed by atoms with Crippen molar-refractivity contribution in [3.05, 3.63) is 65.3 Å². The highest BCUT2D eigenvalue weighted by Crippen LogP contribution is 2.69. The summed E-state index contributed by atoms with van der Waals surface area (Å²) in [6, 6.07) is 7.67. The number of ether oxygens (including phenoxy) is 1. The molecule has 0 atom stereocenters. The van der Waals surface area contributed by atoms with E-state index in [-0.39, 0.29) is 40.0 Å². The molecule has 0 aliphatic heterocycles. The molecule has 1 aromatic carbocycles. The van der Waals surface area contributed by atoms with Gasteiger partial charge in [0, 0.05) is 36.6 Å². The van der Waals surface area contributed by atoms with Gasteiger partial charge in [-0.2, -0.15) is 0 Å². The minimum absolute atomic E-state index is 0.0137. The summed E-state index contributed by atoms with van der Waals surface area (Å²) in [6.07, 6.45) is 8.03. The van der Waals surface area contributed by atoms with E-state index in [1.54, 1.807) is 24.7 Å². The fraction of sp³-hybridized carbons (Fsp3) is 0.318. The van der Waals surface area contributed by atoms with Crippen LogP contribution < -0.4 is 10.1 Å². The Morgan fingerprint density at radius 2 is 2.03 bits per heavy atom. The topological polar surface area (TPSA) is 72.7 Å². The number of carbonyl (C=O) groups excluding carboxylic acids is 2. The van der Waals surface area contributed by atoms with Crippen molar-refractivity contribution in [2.24, 2.45) is 5.41 Å². The number of benzene rings is 1. The van der Waals surface area contributed by atoms with E-state index >= 15 is 0 Å². The molecule has 154 valence electrons. The van der Waals surface area contributed by atoms with E-state index in [2.05, 4.69) is 10.3 Å². The zero-order valence-corrected chi connectivity index (χ0v) is 16.8. The maximum Gasteiger partial charge on any atom is 0.253 e. The summed E-state index contributed by atoms with van der Waals surface area (Å²) in [5.74, 6) is -0.443. The number of fused-ring (bicyclic) bond motifs is 1. The van der Waals surface area contributed by atoms with Crippen LogP contribution in [-0.4, -0.2) is 33.2 Å². The SMILES string of the molecule is O=C(COc1ccc(Cl)c(F)c1)CC12CC(NC(=O)c3ccc4nccn4c3)(C1)C2. The van der Waals surface area contributed by atoms with Crippen molar-refractivity contribution >= 4 is 28.9 Å². The third-order valence-electron chi connectivity index (χ3n) is 6.03. The molecule has 0 unspecified atom stereocenters. The Morgan fingerprint density at radius 1 is 1.23 bits per heavy atom. The normalized spacial score (nSPS) is 24.1. The average molecular weight is 428 g/mol. The minimum Gasteiger partial charge on any atom is -0.486 e. The van der Waals surface area contributed by atoms with Gasteiger partial charge in [0.1, 0.15) is 23.8 Å². The Kier molecular flexibility index (Phi) is 4.32. The molecule has 0 saturated heterocycles. The number of pyridine rings is 1. The zero-order chi connectivity index (χ0) is 20.9. The molecular weight excluding hydrogens is 409 g/mol. The standard InChI is InChI=1S/C22H19ClFN3O3/c23-17-3-2-16(7-18(17)24)30-10-15(28)8-21-11-22(12-21,13-21)26-20(29)14-1-4-19-25-5-6-27(19)9-14/h1-7,9H,8,10-13H2,(H,26,29). The monoisotopic (exact) mass is 427 g/mol. The Labute approximate surface area is 177 Å². The van der Waals surface area contributed by atoms with Crippen LogP contribution in [0.2, 0.25) is 5.02 Å². The van der Waals surface area contributed by atoms with Gasteiger partial charge in [0.25, 0.3) is 5.91 Å². The first kappa shape index (κ1) is 19.1. The first-order chi connectivity index (χ1) is 14.4. The van der Waals surface area contributed by atoms with Crippen LogP contribution in [0.5, 0.6) is 5.75 Å². The smallest absolute Gasteiger partial charge is 0.253 e. The lowest BCUT2D eigenvalue weighted by Crippen LogP contribution is -2.75. The molecule has 8 heteroatoms. The number of hydrogen-bond acceptors (Lipinski definition) is 4. The van der Waals surface area contributed by atoms with E-state index in [9.17, 15) is 14.0 Å². The highest BCUT2D eigenvalue weighted by molar-refractivity contribution is 6.30. The van der Waals surface area contributed by atoms with Crippen LogP contribution in [0.1, 0.15) is 36.0 Å². The number of imidazole rings is 1. The first-order valence-corrected chi connectivity index (χ1v) is 10.1. The number of nitrogens with zero attached hydrogens (tertiary/aromatic N) is 2. The molecule has 0 spiro atoms. The molecule has 2 bridgehead atoms. The molecule has 1 N–H and O–H groups in total. The molecule has 1 amide bonds. The van der Waals surface area contributed by atoms with Crippen LogP contribution in [0.25, 0.3) is 5.65 Å². The third-order valence-corrected chi connectivity index (χ3v) is 6.34. The number of carbonyl (C=O) groups is 2. The Bertz CT molecular complexity index is 1160. The largest absolute Gasteiger partial charge is 0.486 e. The van der Waals surface area contributed by atoms with Crippen LogP contribution in [-0.2, 0) is 4.79 Å². The number of Topliss-reactive ketones (excluding diaryl/α,β-unsaturated/α-hetero) is 1. The van der Waals surface area contributed by atoms with Gasteiger partial charge in [-0.05, 0) is 48.9 Å². The molecule has 3 fully saturated rings. The van der Waals surface area contributed by atoms with E-state index in [0.717, 1.165) is 24.9 Å². The van der Waals surface area contributed by atoms with Gasteiger partial charge in [-0.15, -0.1) is 0 Å². The van der Waals surface area contributed by atoms with E-state index in [4.69, 9.17) is 16.3 Å². The molecule has 2 aromatic heterocycles. The van der Waals surface area contributed by atoms with Gasteiger partial charge in [0.2, 0.25) is 0 Å². The van der Waals surface area contributed by atoms with Crippen LogP contribution >= 0.6 is 11.6 Å². The number of amides is 1. The predicted molar refractivity (Wildman–Crippen MR) is 108 cm³/mol. The van der Waals surface area contributed by atoms with E-state index in [1.807, 2.05) is 10.5 Å². The molecule has 0 radical (unpaired) electrons. The van der Waals surface area contributed by atoms with Crippen molar-refractivity contribution in [3.8, 4) is 5.75 Å². The van der Waals surface area contributed by atoms with Gasteiger partial charge in [-0.3, -0.25) is 9.59 Å². The second kappa shape index (κ2) is 6.80. The number of rotatable bonds is 7. The van der Waals surface area contributed by atoms with Gasteiger partial charge in [0.15, 0.2) is 5.78 Å². The maximum atomic E-state index is 13.4. The second-order valence-corrected chi connectivity index (χ2v) is 8.86. The number of nitrogens with one attached hydrogen (secondary N) is 1. The van der Waals surface area contributed by atoms with Gasteiger partial charge >= 0.3 is 0 Å². The Hall–Kier alpha value is -2.93. The lowest BCUT2D eigenvalue weighted by Gasteiger charge is -2.70. The Morgan fingerprint density at radius 3 is 2.80 bits per heavy atom. The van der Waals surface area contributed by atoms with E-state index in [1.165, 1.54) is 18.2 Å². The number of aromatic nitrogens is 2. The maximum absolute atomic E-state index is 13.4. The third kappa shape index (κ3) is 3.33. The van der Waals surface area contributed by atoms with Crippen molar-refractivity contribution in [1.82, 2.24) is 14.7 Å². The number of hydrogen-bond donors (Lipinski definition) is 1. The first-order valence-electron chi connectivity index (χ1n) is 9.70. The molecule has 6 nitrogen and oxygen atoms in total. The summed E-state index contributed by atoms with van der Waals surface area (Å²) >= 11 is 5.64. The molecular formula is C22H19ClFN3O3. The van der Waals surface area contributed by atoms with E-state index < -0.39 is 5.82 Å². The average Bonchev–Trinajstić information content (AvgIpc) is 3.14. The summed E-state index contributed by atoms with van der Waals surface area (Å²) in [5, 5.41) is 3.14. The highest BCUT2D eigenvalue weighted by atomic mass is 35.5. The quantitative estimate of drug-likeness (QED) is 0.622. The summed E-state index contributed by atoms with van der Waals surface area (Å²) in [4.78, 5) is 29.1. The van der Waals surface area contributed by atoms with Crippen LogP contribution in [0.3, 0.4) is 0 Å². The minimum atomic E-state index is -0.578. The van der Waals surface area contributed by atoms with Crippen molar-refractivity contribution in [2.45, 2.75) is 31.2 Å². The summed E-state index contributed by atoms with van der Waals surface area (Å²) in [5.41, 5.74) is 1.12. The van der Waals surface area contributed by atoms with Crippen LogP contribution in [0.4, 0.5) is 4.39 Å². The fourth-order valence-electron chi connectivity index (χ4n) is 4.89. The molecule has 3 saturated carbocycles. The van der Waals surface area contributed by atoms with Crippen molar-refractivity contribution in [1.29, 1.82) is 0 Å². The lowest BCUT2D eigenvalue weighted by molar-refractivity contribution is -0.162. The fourth-order valence-corrected chi connectivity index (χ4v) is 5.00. The van der Waals surface area contributed by atoms with Gasteiger partial charge < -0.3 is 14.5 Å². The zero-order valence-electron chi connectivity index (χ0n) is 16.0. The molecule has 2 heterocycles. The van der Waals surface area contributed by atoms with Crippen molar-refractivity contribution < 1.29 is 18.7 Å². The lowest BCUT2D eigenvalue weighted by atomic mass is 9.38. The van der Waals surface area contributed by atoms with Crippen LogP contribution in [0, 0.1) is 11.2 Å². The number of ketones is 1. The molecule has 30 heavy (non-hydrogen) atoms. The van der Waals surface area contributed by atoms with Gasteiger partial charge in [0.05, 0.1) is 10.6 Å². The number of halogens is 2. The van der Waals surface area contributed by atoms with Crippen molar-refractivity contribution in [2.75, 3.05) is 6.61 Å². The highest BCUT2D eigenvalue weighted by Gasteiger charge is 2.68.